The van der Waals surface area contributed by atoms with Crippen molar-refractivity contribution in [2.45, 2.75) is 18.3 Å². The maximum Gasteiger partial charge on any atom is 0.254 e. The van der Waals surface area contributed by atoms with Gasteiger partial charge in [-0.3, -0.25) is 9.59 Å². The highest BCUT2D eigenvalue weighted by atomic mass is 16.2. The highest BCUT2D eigenvalue weighted by Gasteiger charge is 2.38. The zero-order valence-corrected chi connectivity index (χ0v) is 13.7. The summed E-state index contributed by atoms with van der Waals surface area (Å²) in [5, 5.41) is 0. The van der Waals surface area contributed by atoms with E-state index in [1.165, 1.54) is 21.8 Å². The van der Waals surface area contributed by atoms with Crippen LogP contribution < -0.4 is 5.56 Å². The number of hydrogen-bond donors (Lipinski definition) is 0. The normalized spacial score (nSPS) is 18.0. The Bertz CT molecular complexity index is 887. The number of amides is 1. The second-order valence-corrected chi connectivity index (χ2v) is 6.73. The zero-order chi connectivity index (χ0) is 16.7. The summed E-state index contributed by atoms with van der Waals surface area (Å²) >= 11 is 0. The van der Waals surface area contributed by atoms with E-state index in [0.29, 0.717) is 18.7 Å². The third-order valence-corrected chi connectivity index (χ3v) is 5.37. The van der Waals surface area contributed by atoms with Crippen molar-refractivity contribution in [3.8, 4) is 0 Å². The van der Waals surface area contributed by atoms with Crippen molar-refractivity contribution in [1.82, 2.24) is 9.47 Å². The molecule has 0 atom stereocenters. The molecule has 24 heavy (non-hydrogen) atoms. The number of likely N-dealkylation sites (tertiary alicyclic amines) is 1. The Labute approximate surface area is 141 Å². The van der Waals surface area contributed by atoms with Crippen LogP contribution in [0.25, 0.3) is 6.08 Å². The molecule has 1 fully saturated rings. The van der Waals surface area contributed by atoms with Crippen molar-refractivity contribution < 1.29 is 4.79 Å². The van der Waals surface area contributed by atoms with Crippen LogP contribution in [-0.2, 0) is 12.5 Å². The predicted octanol–water partition coefficient (Wildman–Crippen LogP) is 2.59. The number of piperidine rings is 1. The summed E-state index contributed by atoms with van der Waals surface area (Å²) in [5.41, 5.74) is 3.08. The molecule has 4 heteroatoms. The first-order chi connectivity index (χ1) is 11.6. The molecule has 0 bridgehead atoms. The number of allylic oxidation sites excluding steroid dienone is 1. The molecule has 2 aliphatic rings. The topological polar surface area (TPSA) is 42.3 Å². The average molecular weight is 320 g/mol. The molecule has 0 N–H and O–H groups in total. The third-order valence-electron chi connectivity index (χ3n) is 5.37. The Kier molecular flexibility index (Phi) is 3.41. The van der Waals surface area contributed by atoms with Gasteiger partial charge in [-0.15, -0.1) is 0 Å². The van der Waals surface area contributed by atoms with E-state index in [-0.39, 0.29) is 16.9 Å². The summed E-state index contributed by atoms with van der Waals surface area (Å²) in [6, 6.07) is 11.7. The van der Waals surface area contributed by atoms with E-state index in [1.54, 1.807) is 19.3 Å². The van der Waals surface area contributed by atoms with Gasteiger partial charge >= 0.3 is 0 Å². The van der Waals surface area contributed by atoms with E-state index in [2.05, 4.69) is 36.4 Å². The number of pyridine rings is 1. The van der Waals surface area contributed by atoms with Gasteiger partial charge in [0.05, 0.1) is 0 Å². The summed E-state index contributed by atoms with van der Waals surface area (Å²) in [4.78, 5) is 26.3. The lowest BCUT2D eigenvalue weighted by Gasteiger charge is -2.39. The molecular formula is C20H20N2O2. The van der Waals surface area contributed by atoms with Crippen molar-refractivity contribution in [2.24, 2.45) is 7.05 Å². The summed E-state index contributed by atoms with van der Waals surface area (Å²) < 4.78 is 1.47. The molecule has 0 radical (unpaired) electrons. The van der Waals surface area contributed by atoms with E-state index >= 15 is 0 Å². The molecule has 2 heterocycles. The lowest BCUT2D eigenvalue weighted by molar-refractivity contribution is 0.0690. The first kappa shape index (κ1) is 14.9. The molecule has 0 unspecified atom stereocenters. The molecule has 1 aromatic heterocycles. The summed E-state index contributed by atoms with van der Waals surface area (Å²) in [7, 11) is 1.69. The molecule has 1 aliphatic heterocycles. The molecule has 4 nitrogen and oxygen atoms in total. The van der Waals surface area contributed by atoms with Crippen LogP contribution in [0.3, 0.4) is 0 Å². The van der Waals surface area contributed by atoms with Crippen LogP contribution in [0.4, 0.5) is 0 Å². The standard InChI is InChI=1S/C20H20N2O2/c1-21-11-7-16(14-18(21)23)19(24)22-12-9-20(10-13-22)8-6-15-4-2-3-5-17(15)20/h2-8,11,14H,9-10,12-13H2,1H3. The first-order valence-corrected chi connectivity index (χ1v) is 8.34. The first-order valence-electron chi connectivity index (χ1n) is 8.34. The Morgan fingerprint density at radius 1 is 1.12 bits per heavy atom. The minimum Gasteiger partial charge on any atom is -0.339 e. The Morgan fingerprint density at radius 3 is 2.62 bits per heavy atom. The summed E-state index contributed by atoms with van der Waals surface area (Å²) in [6.45, 7) is 1.43. The number of carbonyl (C=O) groups excluding carboxylic acids is 1. The number of rotatable bonds is 1. The van der Waals surface area contributed by atoms with E-state index in [1.807, 2.05) is 4.90 Å². The van der Waals surface area contributed by atoms with Crippen LogP contribution in [0, 0.1) is 0 Å². The fraction of sp³-hybridized carbons (Fsp3) is 0.300. The molecule has 0 saturated carbocycles. The Hall–Kier alpha value is -2.62. The molecule has 1 amide bonds. The van der Waals surface area contributed by atoms with Crippen LogP contribution in [-0.4, -0.2) is 28.5 Å². The van der Waals surface area contributed by atoms with Gasteiger partial charge in [0.1, 0.15) is 0 Å². The number of benzene rings is 1. The highest BCUT2D eigenvalue weighted by molar-refractivity contribution is 5.94. The molecule has 122 valence electrons. The van der Waals surface area contributed by atoms with Crippen LogP contribution in [0.2, 0.25) is 0 Å². The van der Waals surface area contributed by atoms with Crippen LogP contribution in [0.5, 0.6) is 0 Å². The number of fused-ring (bicyclic) bond motifs is 2. The Balaban J connectivity index is 1.53. The van der Waals surface area contributed by atoms with Gasteiger partial charge in [0, 0.05) is 43.4 Å². The maximum atomic E-state index is 12.7. The van der Waals surface area contributed by atoms with Crippen LogP contribution >= 0.6 is 0 Å². The summed E-state index contributed by atoms with van der Waals surface area (Å²) in [6.07, 6.45) is 8.01. The second kappa shape index (κ2) is 5.48. The fourth-order valence-electron chi connectivity index (χ4n) is 3.84. The minimum absolute atomic E-state index is 0.0437. The predicted molar refractivity (Wildman–Crippen MR) is 94.0 cm³/mol. The molecular weight excluding hydrogens is 300 g/mol. The van der Waals surface area contributed by atoms with E-state index in [0.717, 1.165) is 12.8 Å². The molecule has 1 saturated heterocycles. The van der Waals surface area contributed by atoms with Gasteiger partial charge in [-0.1, -0.05) is 36.4 Å². The van der Waals surface area contributed by atoms with E-state index in [4.69, 9.17) is 0 Å². The number of hydrogen-bond acceptors (Lipinski definition) is 2. The molecule has 1 aromatic carbocycles. The second-order valence-electron chi connectivity index (χ2n) is 6.73. The van der Waals surface area contributed by atoms with E-state index < -0.39 is 0 Å². The number of carbonyl (C=O) groups is 1. The van der Waals surface area contributed by atoms with Gasteiger partial charge in [-0.2, -0.15) is 0 Å². The lowest BCUT2D eigenvalue weighted by atomic mass is 9.74. The summed E-state index contributed by atoms with van der Waals surface area (Å²) in [5.74, 6) is -0.0437. The molecule has 4 rings (SSSR count). The number of aryl methyl sites for hydroxylation is 1. The van der Waals surface area contributed by atoms with Crippen molar-refractivity contribution in [1.29, 1.82) is 0 Å². The van der Waals surface area contributed by atoms with Gasteiger partial charge in [-0.05, 0) is 30.0 Å². The highest BCUT2D eigenvalue weighted by Crippen LogP contribution is 2.43. The number of nitrogens with zero attached hydrogens (tertiary/aromatic N) is 2. The quantitative estimate of drug-likeness (QED) is 0.810. The van der Waals surface area contributed by atoms with Gasteiger partial charge < -0.3 is 9.47 Å². The molecule has 2 aromatic rings. The smallest absolute Gasteiger partial charge is 0.254 e. The third kappa shape index (κ3) is 2.30. The van der Waals surface area contributed by atoms with Crippen molar-refractivity contribution in [3.05, 3.63) is 75.7 Å². The van der Waals surface area contributed by atoms with Gasteiger partial charge in [0.2, 0.25) is 0 Å². The Morgan fingerprint density at radius 2 is 1.88 bits per heavy atom. The molecule has 1 aliphatic carbocycles. The van der Waals surface area contributed by atoms with Gasteiger partial charge in [0.15, 0.2) is 0 Å². The largest absolute Gasteiger partial charge is 0.339 e. The van der Waals surface area contributed by atoms with Crippen LogP contribution in [0.1, 0.15) is 34.3 Å². The van der Waals surface area contributed by atoms with Crippen molar-refractivity contribution in [2.75, 3.05) is 13.1 Å². The van der Waals surface area contributed by atoms with E-state index in [9.17, 15) is 9.59 Å². The monoisotopic (exact) mass is 320 g/mol. The van der Waals surface area contributed by atoms with Crippen LogP contribution in [0.15, 0.2) is 53.5 Å². The SMILES string of the molecule is Cn1ccc(C(=O)N2CCC3(C=Cc4ccccc43)CC2)cc1=O. The average Bonchev–Trinajstić information content (AvgIpc) is 2.96. The van der Waals surface area contributed by atoms with Gasteiger partial charge in [-0.25, -0.2) is 0 Å². The fourth-order valence-corrected chi connectivity index (χ4v) is 3.84. The molecule has 1 spiro atoms. The number of aromatic nitrogens is 1. The maximum absolute atomic E-state index is 12.7. The van der Waals surface area contributed by atoms with Crippen molar-refractivity contribution in [3.63, 3.8) is 0 Å². The zero-order valence-electron chi connectivity index (χ0n) is 13.7. The van der Waals surface area contributed by atoms with Crippen molar-refractivity contribution >= 4 is 12.0 Å². The van der Waals surface area contributed by atoms with Gasteiger partial charge in [0.25, 0.3) is 11.5 Å². The minimum atomic E-state index is -0.151. The lowest BCUT2D eigenvalue weighted by Crippen LogP contribution is -2.44.